The zero-order valence-electron chi connectivity index (χ0n) is 10.4. The number of anilines is 1. The molecular formula is C11H19N5O. The highest BCUT2D eigenvalue weighted by atomic mass is 16.2. The van der Waals surface area contributed by atoms with Crippen LogP contribution in [0.3, 0.4) is 0 Å². The van der Waals surface area contributed by atoms with Crippen LogP contribution in [0.4, 0.5) is 5.69 Å². The number of rotatable bonds is 2. The van der Waals surface area contributed by atoms with Crippen molar-refractivity contribution in [1.82, 2.24) is 19.6 Å². The SMILES string of the molecule is CCN1CCN(C(=O)c2c(N)cnn2C)CC1. The first-order valence-corrected chi connectivity index (χ1v) is 5.92. The molecule has 6 heteroatoms. The van der Waals surface area contributed by atoms with Crippen molar-refractivity contribution < 1.29 is 4.79 Å². The number of carbonyl (C=O) groups is 1. The molecule has 0 saturated carbocycles. The second-order valence-corrected chi connectivity index (χ2v) is 4.30. The van der Waals surface area contributed by atoms with Crippen LogP contribution in [0.2, 0.25) is 0 Å². The molecule has 1 aromatic heterocycles. The van der Waals surface area contributed by atoms with E-state index < -0.39 is 0 Å². The molecule has 0 aromatic carbocycles. The molecule has 2 heterocycles. The Morgan fingerprint density at radius 3 is 2.53 bits per heavy atom. The molecule has 0 unspecified atom stereocenters. The van der Waals surface area contributed by atoms with Gasteiger partial charge in [-0.1, -0.05) is 6.92 Å². The van der Waals surface area contributed by atoms with Crippen molar-refractivity contribution in [2.24, 2.45) is 7.05 Å². The number of hydrogen-bond acceptors (Lipinski definition) is 4. The van der Waals surface area contributed by atoms with Crippen molar-refractivity contribution in [3.05, 3.63) is 11.9 Å². The van der Waals surface area contributed by atoms with Gasteiger partial charge >= 0.3 is 0 Å². The lowest BCUT2D eigenvalue weighted by Crippen LogP contribution is -2.48. The van der Waals surface area contributed by atoms with Crippen molar-refractivity contribution in [1.29, 1.82) is 0 Å². The van der Waals surface area contributed by atoms with Crippen LogP contribution in [0.15, 0.2) is 6.20 Å². The molecular weight excluding hydrogens is 218 g/mol. The maximum atomic E-state index is 12.3. The average Bonchev–Trinajstić information content (AvgIpc) is 2.68. The van der Waals surface area contributed by atoms with Gasteiger partial charge in [0, 0.05) is 33.2 Å². The number of aromatic nitrogens is 2. The predicted octanol–water partition coefficient (Wildman–Crippen LogP) is -0.220. The van der Waals surface area contributed by atoms with Crippen LogP contribution in [0, 0.1) is 0 Å². The predicted molar refractivity (Wildman–Crippen MR) is 65.6 cm³/mol. The lowest BCUT2D eigenvalue weighted by molar-refractivity contribution is 0.0633. The Kier molecular flexibility index (Phi) is 3.33. The normalized spacial score (nSPS) is 17.4. The number of aryl methyl sites for hydroxylation is 1. The highest BCUT2D eigenvalue weighted by Gasteiger charge is 2.24. The highest BCUT2D eigenvalue weighted by Crippen LogP contribution is 2.14. The van der Waals surface area contributed by atoms with Gasteiger partial charge in [-0.05, 0) is 6.54 Å². The van der Waals surface area contributed by atoms with Crippen LogP contribution in [0.5, 0.6) is 0 Å². The van der Waals surface area contributed by atoms with Gasteiger partial charge in [-0.2, -0.15) is 5.10 Å². The number of likely N-dealkylation sites (N-methyl/N-ethyl adjacent to an activating group) is 1. The van der Waals surface area contributed by atoms with Crippen molar-refractivity contribution in [3.63, 3.8) is 0 Å². The Morgan fingerprint density at radius 1 is 1.41 bits per heavy atom. The fraction of sp³-hybridized carbons (Fsp3) is 0.636. The third-order valence-corrected chi connectivity index (χ3v) is 3.28. The van der Waals surface area contributed by atoms with Gasteiger partial charge in [-0.3, -0.25) is 9.48 Å². The first-order chi connectivity index (χ1) is 8.13. The summed E-state index contributed by atoms with van der Waals surface area (Å²) in [5.74, 6) is -0.0155. The van der Waals surface area contributed by atoms with Crippen molar-refractivity contribution >= 4 is 11.6 Å². The largest absolute Gasteiger partial charge is 0.396 e. The van der Waals surface area contributed by atoms with E-state index in [1.807, 2.05) is 4.90 Å². The molecule has 1 aliphatic rings. The van der Waals surface area contributed by atoms with Gasteiger partial charge in [0.05, 0.1) is 11.9 Å². The van der Waals surface area contributed by atoms with Crippen LogP contribution in [0.1, 0.15) is 17.4 Å². The summed E-state index contributed by atoms with van der Waals surface area (Å²) in [5.41, 5.74) is 6.71. The van der Waals surface area contributed by atoms with E-state index >= 15 is 0 Å². The Balaban J connectivity index is 2.07. The molecule has 1 fully saturated rings. The van der Waals surface area contributed by atoms with E-state index in [-0.39, 0.29) is 5.91 Å². The summed E-state index contributed by atoms with van der Waals surface area (Å²) in [4.78, 5) is 16.4. The monoisotopic (exact) mass is 237 g/mol. The quantitative estimate of drug-likeness (QED) is 0.772. The third-order valence-electron chi connectivity index (χ3n) is 3.28. The topological polar surface area (TPSA) is 67.4 Å². The zero-order valence-corrected chi connectivity index (χ0v) is 10.4. The van der Waals surface area contributed by atoms with Crippen LogP contribution in [-0.2, 0) is 7.05 Å². The summed E-state index contributed by atoms with van der Waals surface area (Å²) in [5, 5.41) is 4.00. The molecule has 1 saturated heterocycles. The van der Waals surface area contributed by atoms with E-state index in [1.54, 1.807) is 11.7 Å². The smallest absolute Gasteiger partial charge is 0.274 e. The Bertz CT molecular complexity index is 386. The molecule has 17 heavy (non-hydrogen) atoms. The first kappa shape index (κ1) is 11.9. The minimum Gasteiger partial charge on any atom is -0.396 e. The summed E-state index contributed by atoms with van der Waals surface area (Å²) in [6, 6.07) is 0. The lowest BCUT2D eigenvalue weighted by Gasteiger charge is -2.34. The average molecular weight is 237 g/mol. The standard InChI is InChI=1S/C11H19N5O/c1-3-15-4-6-16(7-5-15)11(17)10-9(12)8-13-14(10)2/h8H,3-7,12H2,1-2H3. The van der Waals surface area contributed by atoms with Crippen LogP contribution in [0.25, 0.3) is 0 Å². The van der Waals surface area contributed by atoms with E-state index in [4.69, 9.17) is 5.73 Å². The van der Waals surface area contributed by atoms with Gasteiger partial charge in [0.15, 0.2) is 0 Å². The van der Waals surface area contributed by atoms with Gasteiger partial charge in [-0.15, -0.1) is 0 Å². The van der Waals surface area contributed by atoms with E-state index in [2.05, 4.69) is 16.9 Å². The molecule has 1 aliphatic heterocycles. The van der Waals surface area contributed by atoms with Gasteiger partial charge in [0.1, 0.15) is 5.69 Å². The van der Waals surface area contributed by atoms with Crippen molar-refractivity contribution in [3.8, 4) is 0 Å². The molecule has 0 aliphatic carbocycles. The van der Waals surface area contributed by atoms with Crippen LogP contribution in [-0.4, -0.2) is 58.2 Å². The minimum atomic E-state index is -0.0155. The van der Waals surface area contributed by atoms with Gasteiger partial charge < -0.3 is 15.5 Å². The summed E-state index contributed by atoms with van der Waals surface area (Å²) in [6.45, 7) is 6.56. The first-order valence-electron chi connectivity index (χ1n) is 5.92. The molecule has 1 amide bonds. The lowest BCUT2D eigenvalue weighted by atomic mass is 10.2. The number of nitrogens with two attached hydrogens (primary N) is 1. The van der Waals surface area contributed by atoms with E-state index in [9.17, 15) is 4.79 Å². The molecule has 0 bridgehead atoms. The fourth-order valence-corrected chi connectivity index (χ4v) is 2.13. The number of amides is 1. The Morgan fingerprint density at radius 2 is 2.06 bits per heavy atom. The minimum absolute atomic E-state index is 0.0155. The van der Waals surface area contributed by atoms with Crippen molar-refractivity contribution in [2.45, 2.75) is 6.92 Å². The van der Waals surface area contributed by atoms with E-state index in [0.29, 0.717) is 11.4 Å². The zero-order chi connectivity index (χ0) is 12.4. The fourth-order valence-electron chi connectivity index (χ4n) is 2.13. The van der Waals surface area contributed by atoms with Gasteiger partial charge in [-0.25, -0.2) is 0 Å². The number of piperazine rings is 1. The molecule has 2 N–H and O–H groups in total. The second-order valence-electron chi connectivity index (χ2n) is 4.30. The maximum absolute atomic E-state index is 12.3. The highest BCUT2D eigenvalue weighted by molar-refractivity contribution is 5.97. The van der Waals surface area contributed by atoms with Gasteiger partial charge in [0.25, 0.3) is 5.91 Å². The Labute approximate surface area is 101 Å². The second kappa shape index (κ2) is 4.75. The number of nitrogen functional groups attached to an aromatic ring is 1. The molecule has 6 nitrogen and oxygen atoms in total. The van der Waals surface area contributed by atoms with Crippen molar-refractivity contribution in [2.75, 3.05) is 38.5 Å². The summed E-state index contributed by atoms with van der Waals surface area (Å²) < 4.78 is 1.55. The van der Waals surface area contributed by atoms with Crippen LogP contribution >= 0.6 is 0 Å². The summed E-state index contributed by atoms with van der Waals surface area (Å²) in [6.07, 6.45) is 1.52. The summed E-state index contributed by atoms with van der Waals surface area (Å²) in [7, 11) is 1.74. The van der Waals surface area contributed by atoms with E-state index in [1.165, 1.54) is 6.20 Å². The van der Waals surface area contributed by atoms with Crippen LogP contribution < -0.4 is 5.73 Å². The number of hydrogen-bond donors (Lipinski definition) is 1. The van der Waals surface area contributed by atoms with Gasteiger partial charge in [0.2, 0.25) is 0 Å². The maximum Gasteiger partial charge on any atom is 0.274 e. The third kappa shape index (κ3) is 2.26. The molecule has 0 spiro atoms. The Hall–Kier alpha value is -1.56. The molecule has 1 aromatic rings. The molecule has 0 atom stereocenters. The molecule has 94 valence electrons. The number of carbonyl (C=O) groups excluding carboxylic acids is 1. The molecule has 2 rings (SSSR count). The molecule has 0 radical (unpaired) electrons. The van der Waals surface area contributed by atoms with E-state index in [0.717, 1.165) is 32.7 Å². The number of nitrogens with zero attached hydrogens (tertiary/aromatic N) is 4. The summed E-state index contributed by atoms with van der Waals surface area (Å²) >= 11 is 0.